The van der Waals surface area contributed by atoms with Crippen LogP contribution in [0, 0.1) is 18.3 Å². The van der Waals surface area contributed by atoms with E-state index in [2.05, 4.69) is 5.32 Å². The van der Waals surface area contributed by atoms with Crippen LogP contribution in [0.3, 0.4) is 0 Å². The van der Waals surface area contributed by atoms with E-state index < -0.39 is 5.91 Å². The van der Waals surface area contributed by atoms with Gasteiger partial charge in [-0.2, -0.15) is 5.26 Å². The van der Waals surface area contributed by atoms with Gasteiger partial charge >= 0.3 is 0 Å². The Labute approximate surface area is 203 Å². The molecule has 7 heteroatoms. The van der Waals surface area contributed by atoms with Gasteiger partial charge < -0.3 is 10.1 Å². The second-order valence-electron chi connectivity index (χ2n) is 7.87. The van der Waals surface area contributed by atoms with Gasteiger partial charge in [0.05, 0.1) is 11.4 Å². The van der Waals surface area contributed by atoms with E-state index >= 15 is 0 Å². The van der Waals surface area contributed by atoms with Crippen LogP contribution in [0.5, 0.6) is 5.75 Å². The first-order valence-electron chi connectivity index (χ1n) is 11.0. The summed E-state index contributed by atoms with van der Waals surface area (Å²) in [6.07, 6.45) is 1.46. The topological polar surface area (TPSA) is 89.1 Å². The minimum atomic E-state index is -0.670. The van der Waals surface area contributed by atoms with E-state index in [4.69, 9.17) is 4.74 Å². The molecular weight excluding hydrogens is 440 g/mol. The van der Waals surface area contributed by atoms with Crippen molar-refractivity contribution in [2.75, 3.05) is 5.32 Å². The van der Waals surface area contributed by atoms with Gasteiger partial charge in [0.2, 0.25) is 0 Å². The molecule has 0 spiro atoms. The van der Waals surface area contributed by atoms with E-state index in [1.165, 1.54) is 10.8 Å². The van der Waals surface area contributed by atoms with Crippen molar-refractivity contribution in [3.8, 4) is 17.5 Å². The van der Waals surface area contributed by atoms with Crippen molar-refractivity contribution < 1.29 is 9.53 Å². The van der Waals surface area contributed by atoms with Crippen LogP contribution in [0.1, 0.15) is 16.8 Å². The number of para-hydroxylation sites is 2. The average molecular weight is 465 g/mol. The van der Waals surface area contributed by atoms with Crippen LogP contribution in [-0.4, -0.2) is 15.3 Å². The summed E-state index contributed by atoms with van der Waals surface area (Å²) in [5.41, 5.74) is 2.42. The highest BCUT2D eigenvalue weighted by Crippen LogP contribution is 2.23. The number of ether oxygens (including phenoxy) is 1. The van der Waals surface area contributed by atoms with Crippen molar-refractivity contribution in [3.05, 3.63) is 118 Å². The van der Waals surface area contributed by atoms with Gasteiger partial charge in [-0.1, -0.05) is 66.7 Å². The molecular formula is C28H24N4O3. The first kappa shape index (κ1) is 23.3. The Morgan fingerprint density at radius 3 is 2.31 bits per heavy atom. The number of hydrogen-bond acceptors (Lipinski definition) is 4. The molecule has 1 heterocycles. The zero-order valence-electron chi connectivity index (χ0n) is 19.4. The Morgan fingerprint density at radius 2 is 1.63 bits per heavy atom. The summed E-state index contributed by atoms with van der Waals surface area (Å²) in [7, 11) is 1.74. The van der Waals surface area contributed by atoms with Crippen molar-refractivity contribution in [1.82, 2.24) is 9.36 Å². The molecule has 0 aliphatic heterocycles. The van der Waals surface area contributed by atoms with Crippen molar-refractivity contribution in [3.63, 3.8) is 0 Å². The third kappa shape index (κ3) is 5.07. The van der Waals surface area contributed by atoms with Crippen LogP contribution >= 0.6 is 0 Å². The van der Waals surface area contributed by atoms with Gasteiger partial charge in [-0.25, -0.2) is 4.68 Å². The second-order valence-corrected chi connectivity index (χ2v) is 7.87. The average Bonchev–Trinajstić information content (AvgIpc) is 3.10. The lowest BCUT2D eigenvalue weighted by molar-refractivity contribution is -0.112. The molecule has 0 fully saturated rings. The number of hydrogen-bond donors (Lipinski definition) is 1. The Bertz CT molecular complexity index is 1480. The number of nitrogens with zero attached hydrogens (tertiary/aromatic N) is 3. The SMILES string of the molecule is Cc1c(NC(=O)/C(C#N)=C/c2ccccc2OCc2ccccc2)c(=O)n(-c2ccccc2)n1C. The molecule has 0 unspecified atom stereocenters. The molecule has 35 heavy (non-hydrogen) atoms. The minimum absolute atomic E-state index is 0.121. The summed E-state index contributed by atoms with van der Waals surface area (Å²) in [5, 5.41) is 12.3. The number of rotatable bonds is 7. The maximum atomic E-state index is 13.1. The van der Waals surface area contributed by atoms with E-state index in [1.807, 2.05) is 60.7 Å². The Balaban J connectivity index is 1.60. The summed E-state index contributed by atoms with van der Waals surface area (Å²) >= 11 is 0. The molecule has 3 aromatic carbocycles. The maximum Gasteiger partial charge on any atom is 0.295 e. The lowest BCUT2D eigenvalue weighted by Gasteiger charge is -2.10. The quantitative estimate of drug-likeness (QED) is 0.320. The molecule has 7 nitrogen and oxygen atoms in total. The normalized spacial score (nSPS) is 11.1. The first-order valence-corrected chi connectivity index (χ1v) is 11.0. The Kier molecular flexibility index (Phi) is 6.94. The fourth-order valence-electron chi connectivity index (χ4n) is 3.66. The summed E-state index contributed by atoms with van der Waals surface area (Å²) in [4.78, 5) is 26.1. The molecule has 0 aliphatic rings. The molecule has 0 saturated carbocycles. The lowest BCUT2D eigenvalue weighted by atomic mass is 10.1. The number of anilines is 1. The monoisotopic (exact) mass is 464 g/mol. The molecule has 4 rings (SSSR count). The molecule has 0 saturated heterocycles. The molecule has 174 valence electrons. The van der Waals surface area contributed by atoms with Gasteiger partial charge in [0.15, 0.2) is 0 Å². The number of carbonyl (C=O) groups excluding carboxylic acids is 1. The van der Waals surface area contributed by atoms with Crippen molar-refractivity contribution in [2.24, 2.45) is 7.05 Å². The highest BCUT2D eigenvalue weighted by molar-refractivity contribution is 6.10. The summed E-state index contributed by atoms with van der Waals surface area (Å²) in [6.45, 7) is 2.08. The zero-order chi connectivity index (χ0) is 24.8. The molecule has 0 aliphatic carbocycles. The zero-order valence-corrected chi connectivity index (χ0v) is 19.4. The van der Waals surface area contributed by atoms with E-state index in [9.17, 15) is 14.9 Å². The molecule has 4 aromatic rings. The predicted octanol–water partition coefficient (Wildman–Crippen LogP) is 4.61. The number of benzene rings is 3. The van der Waals surface area contributed by atoms with Crippen LogP contribution in [0.2, 0.25) is 0 Å². The second kappa shape index (κ2) is 10.4. The van der Waals surface area contributed by atoms with Gasteiger partial charge in [-0.3, -0.25) is 14.3 Å². The molecule has 1 N–H and O–H groups in total. The van der Waals surface area contributed by atoms with Crippen LogP contribution in [-0.2, 0) is 18.4 Å². The van der Waals surface area contributed by atoms with Gasteiger partial charge in [0.25, 0.3) is 11.5 Å². The molecule has 0 bridgehead atoms. The first-order chi connectivity index (χ1) is 17.0. The predicted molar refractivity (Wildman–Crippen MR) is 135 cm³/mol. The number of carbonyl (C=O) groups is 1. The van der Waals surface area contributed by atoms with E-state index in [-0.39, 0.29) is 16.8 Å². The van der Waals surface area contributed by atoms with Gasteiger partial charge in [0.1, 0.15) is 29.7 Å². The summed E-state index contributed by atoms with van der Waals surface area (Å²) in [5.74, 6) is -0.129. The fraction of sp³-hybridized carbons (Fsp3) is 0.107. The van der Waals surface area contributed by atoms with Crippen molar-refractivity contribution >= 4 is 17.7 Å². The van der Waals surface area contributed by atoms with E-state index in [1.54, 1.807) is 49.0 Å². The Hall–Kier alpha value is -4.83. The van der Waals surface area contributed by atoms with E-state index in [0.717, 1.165) is 5.56 Å². The number of nitrogens with one attached hydrogen (secondary N) is 1. The highest BCUT2D eigenvalue weighted by Gasteiger charge is 2.20. The van der Waals surface area contributed by atoms with Gasteiger partial charge in [0, 0.05) is 12.6 Å². The highest BCUT2D eigenvalue weighted by atomic mass is 16.5. The number of aromatic nitrogens is 2. The van der Waals surface area contributed by atoms with Crippen molar-refractivity contribution in [2.45, 2.75) is 13.5 Å². The standard InChI is InChI=1S/C28H24N4O3/c1-20-26(28(34)32(31(20)2)24-14-7-4-8-15-24)30-27(33)23(18-29)17-22-13-9-10-16-25(22)35-19-21-11-5-3-6-12-21/h3-17H,19H2,1-2H3,(H,30,33)/b23-17+. The largest absolute Gasteiger partial charge is 0.488 e. The van der Waals surface area contributed by atoms with Crippen LogP contribution in [0.4, 0.5) is 5.69 Å². The van der Waals surface area contributed by atoms with Gasteiger partial charge in [-0.05, 0) is 36.8 Å². The Morgan fingerprint density at radius 1 is 1.00 bits per heavy atom. The molecule has 0 radical (unpaired) electrons. The van der Waals surface area contributed by atoms with Crippen LogP contribution in [0.25, 0.3) is 11.8 Å². The van der Waals surface area contributed by atoms with E-state index in [0.29, 0.717) is 29.3 Å². The lowest BCUT2D eigenvalue weighted by Crippen LogP contribution is -2.23. The number of amides is 1. The van der Waals surface area contributed by atoms with Crippen molar-refractivity contribution in [1.29, 1.82) is 5.26 Å². The fourth-order valence-corrected chi connectivity index (χ4v) is 3.66. The third-order valence-electron chi connectivity index (χ3n) is 5.61. The smallest absolute Gasteiger partial charge is 0.295 e. The minimum Gasteiger partial charge on any atom is -0.488 e. The van der Waals surface area contributed by atoms with Crippen LogP contribution < -0.4 is 15.6 Å². The van der Waals surface area contributed by atoms with Crippen LogP contribution in [0.15, 0.2) is 95.3 Å². The number of nitriles is 1. The molecule has 0 atom stereocenters. The summed E-state index contributed by atoms with van der Waals surface area (Å²) in [6, 6.07) is 27.9. The third-order valence-corrected chi connectivity index (χ3v) is 5.61. The van der Waals surface area contributed by atoms with Gasteiger partial charge in [-0.15, -0.1) is 0 Å². The molecule has 1 aromatic heterocycles. The molecule has 1 amide bonds. The summed E-state index contributed by atoms with van der Waals surface area (Å²) < 4.78 is 9.06. The maximum absolute atomic E-state index is 13.1.